The van der Waals surface area contributed by atoms with Crippen LogP contribution in [0.4, 0.5) is 10.1 Å². The first-order valence-electron chi connectivity index (χ1n) is 7.40. The lowest BCUT2D eigenvalue weighted by Gasteiger charge is -2.15. The Morgan fingerprint density at radius 3 is 2.57 bits per heavy atom. The lowest BCUT2D eigenvalue weighted by atomic mass is 10.2. The van der Waals surface area contributed by atoms with Crippen LogP contribution < -0.4 is 5.32 Å². The normalized spacial score (nSPS) is 12.1. The Hall–Kier alpha value is -1.27. The van der Waals surface area contributed by atoms with E-state index in [1.54, 1.807) is 20.8 Å². The standard InChI is InChI=1S/C16H21ClFNO3S/c1-5-6-15(20)19-13-8-14(11(17)7-12(13)18)23-10(4)16(21)22-9(2)3/h7-10H,5-6H2,1-4H3,(H,19,20). The molecule has 1 unspecified atom stereocenters. The molecule has 1 amide bonds. The molecule has 0 fully saturated rings. The van der Waals surface area contributed by atoms with E-state index in [2.05, 4.69) is 5.32 Å². The molecule has 1 N–H and O–H groups in total. The smallest absolute Gasteiger partial charge is 0.319 e. The summed E-state index contributed by atoms with van der Waals surface area (Å²) >= 11 is 7.19. The maximum Gasteiger partial charge on any atom is 0.319 e. The average molecular weight is 362 g/mol. The molecule has 0 aromatic heterocycles. The summed E-state index contributed by atoms with van der Waals surface area (Å²) in [5.41, 5.74) is 0.0553. The second kappa shape index (κ2) is 9.13. The molecule has 7 heteroatoms. The molecule has 0 saturated carbocycles. The van der Waals surface area contributed by atoms with Gasteiger partial charge < -0.3 is 10.1 Å². The third-order valence-electron chi connectivity index (χ3n) is 2.76. The number of amides is 1. The second-order valence-corrected chi connectivity index (χ2v) is 7.10. The van der Waals surface area contributed by atoms with Gasteiger partial charge in [-0.05, 0) is 39.3 Å². The van der Waals surface area contributed by atoms with E-state index in [4.69, 9.17) is 16.3 Å². The lowest BCUT2D eigenvalue weighted by Crippen LogP contribution is -2.20. The Morgan fingerprint density at radius 1 is 1.35 bits per heavy atom. The number of carbonyl (C=O) groups excluding carboxylic acids is 2. The molecule has 1 aromatic carbocycles. The van der Waals surface area contributed by atoms with Crippen LogP contribution in [0.5, 0.6) is 0 Å². The maximum atomic E-state index is 13.9. The molecule has 0 aliphatic heterocycles. The van der Waals surface area contributed by atoms with Crippen LogP contribution in [0.3, 0.4) is 0 Å². The topological polar surface area (TPSA) is 55.4 Å². The molecule has 0 spiro atoms. The van der Waals surface area contributed by atoms with Gasteiger partial charge in [0, 0.05) is 11.3 Å². The maximum absolute atomic E-state index is 13.9. The van der Waals surface area contributed by atoms with Gasteiger partial charge in [-0.2, -0.15) is 0 Å². The van der Waals surface area contributed by atoms with Crippen LogP contribution in [0.15, 0.2) is 17.0 Å². The Bertz CT molecular complexity index is 581. The van der Waals surface area contributed by atoms with E-state index in [0.717, 1.165) is 17.8 Å². The molecular weight excluding hydrogens is 341 g/mol. The molecule has 0 radical (unpaired) electrons. The number of ether oxygens (including phenoxy) is 1. The number of benzene rings is 1. The minimum Gasteiger partial charge on any atom is -0.462 e. The zero-order valence-corrected chi connectivity index (χ0v) is 15.2. The first-order valence-corrected chi connectivity index (χ1v) is 8.66. The van der Waals surface area contributed by atoms with Gasteiger partial charge in [-0.1, -0.05) is 18.5 Å². The summed E-state index contributed by atoms with van der Waals surface area (Å²) in [6.07, 6.45) is 0.765. The minimum atomic E-state index is -0.610. The van der Waals surface area contributed by atoms with E-state index in [0.29, 0.717) is 17.7 Å². The van der Waals surface area contributed by atoms with Crippen LogP contribution in [0, 0.1) is 5.82 Å². The third-order valence-corrected chi connectivity index (χ3v) is 4.32. The molecule has 1 rings (SSSR count). The molecule has 0 bridgehead atoms. The van der Waals surface area contributed by atoms with E-state index in [9.17, 15) is 14.0 Å². The molecule has 128 valence electrons. The average Bonchev–Trinajstić information content (AvgIpc) is 2.43. The van der Waals surface area contributed by atoms with Gasteiger partial charge in [0.2, 0.25) is 5.91 Å². The Balaban J connectivity index is 2.90. The number of esters is 1. The van der Waals surface area contributed by atoms with Crippen LogP contribution in [0.2, 0.25) is 5.02 Å². The highest BCUT2D eigenvalue weighted by molar-refractivity contribution is 8.00. The summed E-state index contributed by atoms with van der Waals surface area (Å²) in [6, 6.07) is 2.57. The second-order valence-electron chi connectivity index (χ2n) is 5.31. The largest absolute Gasteiger partial charge is 0.462 e. The number of anilines is 1. The van der Waals surface area contributed by atoms with Crippen molar-refractivity contribution >= 4 is 40.9 Å². The molecule has 23 heavy (non-hydrogen) atoms. The molecule has 1 atom stereocenters. The van der Waals surface area contributed by atoms with Crippen molar-refractivity contribution in [2.24, 2.45) is 0 Å². The zero-order valence-electron chi connectivity index (χ0n) is 13.6. The number of carbonyl (C=O) groups is 2. The van der Waals surface area contributed by atoms with Crippen LogP contribution in [0.1, 0.15) is 40.5 Å². The van der Waals surface area contributed by atoms with Gasteiger partial charge in [-0.25, -0.2) is 4.39 Å². The van der Waals surface area contributed by atoms with Gasteiger partial charge in [0.05, 0.1) is 16.8 Å². The lowest BCUT2D eigenvalue weighted by molar-refractivity contribution is -0.146. The molecule has 4 nitrogen and oxygen atoms in total. The summed E-state index contributed by atoms with van der Waals surface area (Å²) in [5, 5.41) is 2.20. The number of nitrogens with one attached hydrogen (secondary N) is 1. The summed E-state index contributed by atoms with van der Waals surface area (Å²) in [7, 11) is 0. The number of rotatable bonds is 7. The SMILES string of the molecule is CCCC(=O)Nc1cc(SC(C)C(=O)OC(C)C)c(Cl)cc1F. The van der Waals surface area contributed by atoms with E-state index < -0.39 is 11.1 Å². The number of hydrogen-bond acceptors (Lipinski definition) is 4. The molecule has 0 saturated heterocycles. The fourth-order valence-corrected chi connectivity index (χ4v) is 2.90. The minimum absolute atomic E-state index is 0.0553. The van der Waals surface area contributed by atoms with Crippen LogP contribution in [0.25, 0.3) is 0 Å². The highest BCUT2D eigenvalue weighted by Gasteiger charge is 2.20. The molecule has 1 aromatic rings. The highest BCUT2D eigenvalue weighted by atomic mass is 35.5. The molecule has 0 aliphatic carbocycles. The van der Waals surface area contributed by atoms with Gasteiger partial charge in [-0.3, -0.25) is 9.59 Å². The zero-order chi connectivity index (χ0) is 17.6. The predicted molar refractivity (Wildman–Crippen MR) is 91.5 cm³/mol. The highest BCUT2D eigenvalue weighted by Crippen LogP contribution is 2.34. The van der Waals surface area contributed by atoms with Crippen molar-refractivity contribution in [1.82, 2.24) is 0 Å². The first-order chi connectivity index (χ1) is 10.7. The van der Waals surface area contributed by atoms with Crippen molar-refractivity contribution in [2.75, 3.05) is 5.32 Å². The fourth-order valence-electron chi connectivity index (χ4n) is 1.72. The van der Waals surface area contributed by atoms with Crippen LogP contribution in [-0.2, 0) is 14.3 Å². The number of hydrogen-bond donors (Lipinski definition) is 1. The Kier molecular flexibility index (Phi) is 7.85. The van der Waals surface area contributed by atoms with E-state index in [1.807, 2.05) is 6.92 Å². The van der Waals surface area contributed by atoms with Crippen molar-refractivity contribution in [3.05, 3.63) is 23.0 Å². The molecule has 0 heterocycles. The summed E-state index contributed by atoms with van der Waals surface area (Å²) in [5.74, 6) is -1.25. The quantitative estimate of drug-likeness (QED) is 0.567. The monoisotopic (exact) mass is 361 g/mol. The van der Waals surface area contributed by atoms with Gasteiger partial charge in [-0.15, -0.1) is 11.8 Å². The van der Waals surface area contributed by atoms with Gasteiger partial charge in [0.1, 0.15) is 11.1 Å². The van der Waals surface area contributed by atoms with Crippen molar-refractivity contribution in [1.29, 1.82) is 0 Å². The van der Waals surface area contributed by atoms with E-state index in [1.165, 1.54) is 6.07 Å². The molecular formula is C16H21ClFNO3S. The summed E-state index contributed by atoms with van der Waals surface area (Å²) < 4.78 is 19.0. The van der Waals surface area contributed by atoms with Crippen molar-refractivity contribution in [2.45, 2.75) is 56.8 Å². The van der Waals surface area contributed by atoms with Gasteiger partial charge >= 0.3 is 5.97 Å². The Morgan fingerprint density at radius 2 is 2.00 bits per heavy atom. The van der Waals surface area contributed by atoms with E-state index >= 15 is 0 Å². The number of thioether (sulfide) groups is 1. The van der Waals surface area contributed by atoms with Crippen LogP contribution >= 0.6 is 23.4 Å². The third kappa shape index (κ3) is 6.39. The van der Waals surface area contributed by atoms with Gasteiger partial charge in [0.15, 0.2) is 0 Å². The van der Waals surface area contributed by atoms with Crippen molar-refractivity contribution < 1.29 is 18.7 Å². The summed E-state index contributed by atoms with van der Waals surface area (Å²) in [4.78, 5) is 24.0. The van der Waals surface area contributed by atoms with E-state index in [-0.39, 0.29) is 28.7 Å². The van der Waals surface area contributed by atoms with Crippen molar-refractivity contribution in [3.8, 4) is 0 Å². The van der Waals surface area contributed by atoms with Crippen LogP contribution in [-0.4, -0.2) is 23.2 Å². The first kappa shape index (κ1) is 19.8. The summed E-state index contributed by atoms with van der Waals surface area (Å²) in [6.45, 7) is 7.08. The van der Waals surface area contributed by atoms with Gasteiger partial charge in [0.25, 0.3) is 0 Å². The predicted octanol–water partition coefficient (Wildman–Crippen LogP) is 4.65. The van der Waals surface area contributed by atoms with Crippen molar-refractivity contribution in [3.63, 3.8) is 0 Å². The Labute approximate surface area is 145 Å². The number of halogens is 2. The fraction of sp³-hybridized carbons (Fsp3) is 0.500. The molecule has 0 aliphatic rings.